The van der Waals surface area contributed by atoms with Crippen LogP contribution in [0.2, 0.25) is 0 Å². The maximum Gasteiger partial charge on any atom is 0 e. The zero-order chi connectivity index (χ0) is 10.3. The van der Waals surface area contributed by atoms with Crippen molar-refractivity contribution < 1.29 is 61.3 Å². The van der Waals surface area contributed by atoms with Gasteiger partial charge in [0.1, 0.15) is 0 Å². The van der Waals surface area contributed by atoms with Gasteiger partial charge in [-0.25, -0.2) is 19.2 Å². The van der Waals surface area contributed by atoms with Gasteiger partial charge in [0.15, 0.2) is 0 Å². The van der Waals surface area contributed by atoms with Crippen LogP contribution in [0.5, 0.6) is 0 Å². The molecule has 0 spiro atoms. The number of rotatable bonds is 0. The number of carboxylic acids is 4. The van der Waals surface area contributed by atoms with Gasteiger partial charge in [0.05, 0.1) is 0 Å². The minimum atomic E-state index is -1.82. The van der Waals surface area contributed by atoms with Gasteiger partial charge in [-0.05, 0) is 0 Å². The van der Waals surface area contributed by atoms with Crippen LogP contribution in [0.1, 0.15) is 0 Å². The van der Waals surface area contributed by atoms with Crippen LogP contribution in [0.4, 0.5) is 0 Å². The third kappa shape index (κ3) is 22.7. The van der Waals surface area contributed by atoms with Gasteiger partial charge in [-0.1, -0.05) is 0 Å². The first kappa shape index (κ1) is 23.7. The fourth-order valence-electron chi connectivity index (χ4n) is 0. The normalized spacial score (nSPS) is 6.29. The molecule has 0 amide bonds. The molecule has 0 saturated carbocycles. The van der Waals surface area contributed by atoms with Crippen LogP contribution in [-0.4, -0.2) is 89.8 Å². The van der Waals surface area contributed by atoms with Gasteiger partial charge in [0.25, 0.3) is 0 Å². The van der Waals surface area contributed by atoms with Crippen molar-refractivity contribution in [1.82, 2.24) is 0 Å². The van der Waals surface area contributed by atoms with Crippen LogP contribution in [-0.2, 0) is 40.9 Å². The molecule has 0 saturated heterocycles. The number of carboxylic acid groups (broad SMARTS) is 4. The largest absolute Gasteiger partial charge is 0 e. The smallest absolute Gasteiger partial charge is 0 e. The Kier molecular flexibility index (Phi) is 22.1. The van der Waals surface area contributed by atoms with Crippen molar-refractivity contribution in [2.24, 2.45) is 0 Å². The second-order valence-electron chi connectivity index (χ2n) is 1.22. The van der Waals surface area contributed by atoms with Gasteiger partial charge in [0, 0.05) is 21.7 Å². The minimum absolute atomic E-state index is 0. The quantitative estimate of drug-likeness (QED) is 0.280. The van der Waals surface area contributed by atoms with Crippen LogP contribution >= 0.6 is 0 Å². The second-order valence-corrected chi connectivity index (χ2v) is 1.22. The summed E-state index contributed by atoms with van der Waals surface area (Å²) in [6, 6.07) is 0. The topological polar surface area (TPSA) is 149 Å². The zero-order valence-electron chi connectivity index (χ0n) is 5.92. The van der Waals surface area contributed by atoms with Gasteiger partial charge in [0.2, 0.25) is 0 Å². The van der Waals surface area contributed by atoms with Gasteiger partial charge in [-0.2, -0.15) is 0 Å². The summed E-state index contributed by atoms with van der Waals surface area (Å²) >= 11 is 0. The Morgan fingerprint density at radius 3 is 0.643 bits per heavy atom. The molecule has 0 aliphatic carbocycles. The van der Waals surface area contributed by atoms with Crippen LogP contribution in [0.25, 0.3) is 0 Å². The number of aliphatic carboxylic acids is 4. The fraction of sp³-hybridized carbons (Fsp3) is 0. The first-order valence-corrected chi connectivity index (χ1v) is 2.21. The van der Waals surface area contributed by atoms with E-state index in [0.717, 1.165) is 0 Å². The van der Waals surface area contributed by atoms with Gasteiger partial charge in [-0.15, -0.1) is 0 Å². The van der Waals surface area contributed by atoms with E-state index in [2.05, 4.69) is 0 Å². The maximum absolute atomic E-state index is 9.10. The molecular weight excluding hydrogens is 312 g/mol. The molecule has 0 aromatic carbocycles. The van der Waals surface area contributed by atoms with Crippen LogP contribution < -0.4 is 0 Å². The second kappa shape index (κ2) is 13.1. The molecule has 0 bridgehead atoms. The SMILES string of the molecule is O=C(O)C(=O)O.O=C(O)C(=O)O.[SrH2].[Ti]. The van der Waals surface area contributed by atoms with E-state index in [0.29, 0.717) is 0 Å². The average molecular weight is 318 g/mol. The van der Waals surface area contributed by atoms with Crippen molar-refractivity contribution in [2.75, 3.05) is 0 Å². The summed E-state index contributed by atoms with van der Waals surface area (Å²) in [6.45, 7) is 0. The van der Waals surface area contributed by atoms with Gasteiger partial charge in [-0.3, -0.25) is 0 Å². The van der Waals surface area contributed by atoms with E-state index in [1.807, 2.05) is 0 Å². The molecule has 0 aliphatic heterocycles. The van der Waals surface area contributed by atoms with Crippen molar-refractivity contribution in [3.63, 3.8) is 0 Å². The van der Waals surface area contributed by atoms with E-state index >= 15 is 0 Å². The molecule has 0 aliphatic rings. The Labute approximate surface area is 129 Å². The Hall–Kier alpha value is 0.0748. The van der Waals surface area contributed by atoms with Gasteiger partial charge >= 0.3 is 69.4 Å². The van der Waals surface area contributed by atoms with Crippen molar-refractivity contribution in [2.45, 2.75) is 0 Å². The summed E-state index contributed by atoms with van der Waals surface area (Å²) in [5.41, 5.74) is 0. The predicted octanol–water partition coefficient (Wildman–Crippen LogP) is -2.61. The molecule has 10 heteroatoms. The summed E-state index contributed by atoms with van der Waals surface area (Å²) < 4.78 is 0. The molecule has 76 valence electrons. The number of carbonyl (C=O) groups is 4. The maximum atomic E-state index is 9.10. The molecule has 0 unspecified atom stereocenters. The van der Waals surface area contributed by atoms with E-state index in [1.165, 1.54) is 0 Å². The Bertz CT molecular complexity index is 177. The molecule has 0 heterocycles. The molecule has 0 atom stereocenters. The third-order valence-corrected chi connectivity index (χ3v) is 0.366. The molecule has 0 rings (SSSR count). The molecule has 4 N–H and O–H groups in total. The van der Waals surface area contributed by atoms with E-state index in [-0.39, 0.29) is 67.2 Å². The summed E-state index contributed by atoms with van der Waals surface area (Å²) in [5.74, 6) is -7.30. The summed E-state index contributed by atoms with van der Waals surface area (Å²) in [4.78, 5) is 36.4. The molecule has 0 fully saturated rings. The monoisotopic (exact) mass is 318 g/mol. The minimum Gasteiger partial charge on any atom is 0 e. The van der Waals surface area contributed by atoms with E-state index in [9.17, 15) is 0 Å². The van der Waals surface area contributed by atoms with Crippen LogP contribution in [0.15, 0.2) is 0 Å². The number of hydrogen-bond donors (Lipinski definition) is 4. The van der Waals surface area contributed by atoms with E-state index in [1.54, 1.807) is 0 Å². The van der Waals surface area contributed by atoms with E-state index < -0.39 is 23.9 Å². The van der Waals surface area contributed by atoms with Crippen molar-refractivity contribution in [1.29, 1.82) is 0 Å². The molecule has 14 heavy (non-hydrogen) atoms. The molecule has 0 radical (unpaired) electrons. The summed E-state index contributed by atoms with van der Waals surface area (Å²) in [7, 11) is 0. The summed E-state index contributed by atoms with van der Waals surface area (Å²) in [5, 5.41) is 29.6. The zero-order valence-corrected chi connectivity index (χ0v) is 7.48. The molecule has 8 nitrogen and oxygen atoms in total. The molecular formula is C4H6O8SrTi. The van der Waals surface area contributed by atoms with Crippen LogP contribution in [0.3, 0.4) is 0 Å². The van der Waals surface area contributed by atoms with Crippen molar-refractivity contribution in [3.8, 4) is 0 Å². The standard InChI is InChI=1S/2C2H2O4.Sr.Ti.2H/c2*3-1(4)2(5)6;;;;/h2*(H,3,4)(H,5,6);;;;. The molecule has 0 aromatic heterocycles. The average Bonchev–Trinajstić information content (AvgIpc) is 1.88. The Morgan fingerprint density at radius 2 is 0.643 bits per heavy atom. The fourth-order valence-corrected chi connectivity index (χ4v) is 0. The Balaban J connectivity index is -0.0000000625. The van der Waals surface area contributed by atoms with Crippen LogP contribution in [0, 0.1) is 0 Å². The first-order valence-electron chi connectivity index (χ1n) is 2.21. The Morgan fingerprint density at radius 1 is 0.571 bits per heavy atom. The third-order valence-electron chi connectivity index (χ3n) is 0.366. The molecule has 0 aromatic rings. The van der Waals surface area contributed by atoms with Crippen molar-refractivity contribution in [3.05, 3.63) is 0 Å². The van der Waals surface area contributed by atoms with E-state index in [4.69, 9.17) is 39.6 Å². The van der Waals surface area contributed by atoms with Crippen molar-refractivity contribution >= 4 is 69.4 Å². The first-order chi connectivity index (χ1) is 5.29. The predicted molar refractivity (Wildman–Crippen MR) is 39.1 cm³/mol. The summed E-state index contributed by atoms with van der Waals surface area (Å²) in [6.07, 6.45) is 0. The van der Waals surface area contributed by atoms with Gasteiger partial charge < -0.3 is 20.4 Å². The number of hydrogen-bond acceptors (Lipinski definition) is 4.